The summed E-state index contributed by atoms with van der Waals surface area (Å²) in [5.41, 5.74) is 0. The van der Waals surface area contributed by atoms with Crippen LogP contribution in [-0.4, -0.2) is 22.8 Å². The maximum absolute atomic E-state index is 11.6. The van der Waals surface area contributed by atoms with Crippen LogP contribution in [0.5, 0.6) is 5.75 Å². The first kappa shape index (κ1) is 14.1. The Morgan fingerprint density at radius 3 is 2.73 bits per heavy atom. The zero-order valence-electron chi connectivity index (χ0n) is 12.0. The van der Waals surface area contributed by atoms with Crippen molar-refractivity contribution in [3.63, 3.8) is 0 Å². The molecule has 0 aliphatic carbocycles. The molecule has 0 aliphatic rings. The third kappa shape index (κ3) is 3.41. The molecule has 3 aromatic rings. The lowest BCUT2D eigenvalue weighted by molar-refractivity contribution is -0.148. The highest BCUT2D eigenvalue weighted by Crippen LogP contribution is 2.20. The molecule has 6 nitrogen and oxygen atoms in total. The van der Waals surface area contributed by atoms with Crippen LogP contribution in [0.1, 0.15) is 11.8 Å². The van der Waals surface area contributed by atoms with Crippen molar-refractivity contribution in [2.24, 2.45) is 0 Å². The Hall–Kier alpha value is -2.89. The zero-order valence-corrected chi connectivity index (χ0v) is 12.0. The number of aromatic nitrogens is 2. The van der Waals surface area contributed by atoms with E-state index in [4.69, 9.17) is 13.9 Å². The summed E-state index contributed by atoms with van der Waals surface area (Å²) >= 11 is 0. The van der Waals surface area contributed by atoms with Gasteiger partial charge in [-0.2, -0.15) is 0 Å². The quantitative estimate of drug-likeness (QED) is 0.674. The van der Waals surface area contributed by atoms with Crippen molar-refractivity contribution >= 4 is 16.7 Å². The minimum Gasteiger partial charge on any atom is -0.482 e. The molecule has 1 aromatic heterocycles. The Morgan fingerprint density at radius 2 is 1.95 bits per heavy atom. The van der Waals surface area contributed by atoms with Crippen molar-refractivity contribution in [3.8, 4) is 5.75 Å². The van der Waals surface area contributed by atoms with Gasteiger partial charge in [0.25, 0.3) is 5.89 Å². The van der Waals surface area contributed by atoms with Gasteiger partial charge in [0, 0.05) is 6.92 Å². The lowest BCUT2D eigenvalue weighted by atomic mass is 10.1. The summed E-state index contributed by atoms with van der Waals surface area (Å²) in [6.07, 6.45) is 0. The molecule has 0 bridgehead atoms. The van der Waals surface area contributed by atoms with E-state index in [9.17, 15) is 4.79 Å². The van der Waals surface area contributed by atoms with E-state index < -0.39 is 5.97 Å². The highest BCUT2D eigenvalue weighted by atomic mass is 16.6. The second kappa shape index (κ2) is 6.26. The number of aryl methyl sites for hydroxylation is 1. The predicted molar refractivity (Wildman–Crippen MR) is 78.3 cm³/mol. The number of fused-ring (bicyclic) bond motifs is 1. The summed E-state index contributed by atoms with van der Waals surface area (Å²) in [7, 11) is 0. The molecule has 22 heavy (non-hydrogen) atoms. The molecule has 1 heterocycles. The van der Waals surface area contributed by atoms with Crippen molar-refractivity contribution in [3.05, 3.63) is 54.2 Å². The maximum atomic E-state index is 11.6. The van der Waals surface area contributed by atoms with Crippen LogP contribution < -0.4 is 4.74 Å². The summed E-state index contributed by atoms with van der Waals surface area (Å²) in [6.45, 7) is 1.44. The molecule has 112 valence electrons. The number of carbonyl (C=O) groups excluding carboxylic acids is 1. The van der Waals surface area contributed by atoms with E-state index in [1.165, 1.54) is 0 Å². The number of nitrogens with zero attached hydrogens (tertiary/aromatic N) is 2. The minimum absolute atomic E-state index is 0.0548. The van der Waals surface area contributed by atoms with Crippen molar-refractivity contribution in [2.45, 2.75) is 13.5 Å². The summed E-state index contributed by atoms with van der Waals surface area (Å²) in [4.78, 5) is 11.6. The van der Waals surface area contributed by atoms with E-state index >= 15 is 0 Å². The molecule has 0 aliphatic heterocycles. The fraction of sp³-hybridized carbons (Fsp3) is 0.188. The summed E-state index contributed by atoms with van der Waals surface area (Å²) < 4.78 is 15.5. The van der Waals surface area contributed by atoms with Crippen LogP contribution >= 0.6 is 0 Å². The number of ether oxygens (including phenoxy) is 2. The van der Waals surface area contributed by atoms with E-state index in [0.717, 1.165) is 10.8 Å². The van der Waals surface area contributed by atoms with Gasteiger partial charge in [-0.05, 0) is 22.9 Å². The van der Waals surface area contributed by atoms with Gasteiger partial charge in [-0.15, -0.1) is 10.2 Å². The number of hydrogen-bond acceptors (Lipinski definition) is 6. The monoisotopic (exact) mass is 298 g/mol. The van der Waals surface area contributed by atoms with Crippen LogP contribution in [0.25, 0.3) is 10.8 Å². The molecule has 0 saturated heterocycles. The lowest BCUT2D eigenvalue weighted by Gasteiger charge is -2.07. The third-order valence-corrected chi connectivity index (χ3v) is 3.00. The van der Waals surface area contributed by atoms with Gasteiger partial charge < -0.3 is 13.9 Å². The SMILES string of the molecule is Cc1nnc(COC(=O)COc2ccc3ccccc3c2)o1. The molecule has 0 spiro atoms. The van der Waals surface area contributed by atoms with E-state index in [-0.39, 0.29) is 19.1 Å². The largest absolute Gasteiger partial charge is 0.482 e. The van der Waals surface area contributed by atoms with Crippen LogP contribution in [-0.2, 0) is 16.1 Å². The van der Waals surface area contributed by atoms with Gasteiger partial charge in [0.2, 0.25) is 5.89 Å². The Bertz CT molecular complexity index is 797. The standard InChI is InChI=1S/C16H14N2O4/c1-11-17-18-15(22-11)9-21-16(19)10-20-14-7-6-12-4-2-3-5-13(12)8-14/h2-8H,9-10H2,1H3. The highest BCUT2D eigenvalue weighted by molar-refractivity contribution is 5.83. The van der Waals surface area contributed by atoms with Crippen molar-refractivity contribution in [1.29, 1.82) is 0 Å². The smallest absolute Gasteiger partial charge is 0.344 e. The average molecular weight is 298 g/mol. The number of carbonyl (C=O) groups is 1. The lowest BCUT2D eigenvalue weighted by Crippen LogP contribution is -2.14. The normalized spacial score (nSPS) is 10.6. The number of esters is 1. The molecule has 3 rings (SSSR count). The van der Waals surface area contributed by atoms with E-state index in [0.29, 0.717) is 11.6 Å². The Balaban J connectivity index is 1.53. The van der Waals surface area contributed by atoms with E-state index in [1.807, 2.05) is 42.5 Å². The maximum Gasteiger partial charge on any atom is 0.344 e. The topological polar surface area (TPSA) is 74.5 Å². The summed E-state index contributed by atoms with van der Waals surface area (Å²) in [5.74, 6) is 0.809. The van der Waals surface area contributed by atoms with Crippen LogP contribution in [0, 0.1) is 6.92 Å². The number of benzene rings is 2. The first-order valence-electron chi connectivity index (χ1n) is 6.77. The second-order valence-electron chi connectivity index (χ2n) is 4.67. The molecule has 0 unspecified atom stereocenters. The molecule has 0 saturated carbocycles. The Morgan fingerprint density at radius 1 is 1.14 bits per heavy atom. The average Bonchev–Trinajstić information content (AvgIpc) is 2.96. The third-order valence-electron chi connectivity index (χ3n) is 3.00. The van der Waals surface area contributed by atoms with E-state index in [2.05, 4.69) is 10.2 Å². The fourth-order valence-corrected chi connectivity index (χ4v) is 1.98. The van der Waals surface area contributed by atoms with Crippen LogP contribution in [0.15, 0.2) is 46.9 Å². The van der Waals surface area contributed by atoms with E-state index in [1.54, 1.807) is 6.92 Å². The van der Waals surface area contributed by atoms with Gasteiger partial charge in [0.05, 0.1) is 0 Å². The molecule has 2 aromatic carbocycles. The fourth-order valence-electron chi connectivity index (χ4n) is 1.98. The van der Waals surface area contributed by atoms with Crippen LogP contribution in [0.2, 0.25) is 0 Å². The van der Waals surface area contributed by atoms with Crippen molar-refractivity contribution in [1.82, 2.24) is 10.2 Å². The van der Waals surface area contributed by atoms with Crippen LogP contribution in [0.4, 0.5) is 0 Å². The van der Waals surface area contributed by atoms with Gasteiger partial charge >= 0.3 is 5.97 Å². The zero-order chi connectivity index (χ0) is 15.4. The highest BCUT2D eigenvalue weighted by Gasteiger charge is 2.08. The van der Waals surface area contributed by atoms with Gasteiger partial charge in [0.1, 0.15) is 5.75 Å². The molecular weight excluding hydrogens is 284 g/mol. The second-order valence-corrected chi connectivity index (χ2v) is 4.67. The van der Waals surface area contributed by atoms with Gasteiger partial charge in [0.15, 0.2) is 13.2 Å². The molecule has 0 fully saturated rings. The summed E-state index contributed by atoms with van der Waals surface area (Å²) in [6, 6.07) is 13.6. The molecule has 0 atom stereocenters. The molecule has 6 heteroatoms. The molecule has 0 N–H and O–H groups in total. The Labute approximate surface area is 126 Å². The number of rotatable bonds is 5. The van der Waals surface area contributed by atoms with Gasteiger partial charge in [-0.25, -0.2) is 4.79 Å². The predicted octanol–water partition coefficient (Wildman–Crippen LogP) is 2.65. The van der Waals surface area contributed by atoms with Crippen LogP contribution in [0.3, 0.4) is 0 Å². The first-order chi connectivity index (χ1) is 10.7. The first-order valence-corrected chi connectivity index (χ1v) is 6.77. The number of hydrogen-bond donors (Lipinski definition) is 0. The Kier molecular flexibility index (Phi) is 4.00. The summed E-state index contributed by atoms with van der Waals surface area (Å²) in [5, 5.41) is 9.55. The van der Waals surface area contributed by atoms with Gasteiger partial charge in [-0.1, -0.05) is 30.3 Å². The molecule has 0 amide bonds. The molecular formula is C16H14N2O4. The van der Waals surface area contributed by atoms with Gasteiger partial charge in [-0.3, -0.25) is 0 Å². The van der Waals surface area contributed by atoms with Crippen molar-refractivity contribution < 1.29 is 18.7 Å². The molecule has 0 radical (unpaired) electrons. The minimum atomic E-state index is -0.496. The van der Waals surface area contributed by atoms with Crippen molar-refractivity contribution in [2.75, 3.05) is 6.61 Å².